The van der Waals surface area contributed by atoms with Crippen LogP contribution >= 0.6 is 0 Å². The van der Waals surface area contributed by atoms with Crippen molar-refractivity contribution in [3.63, 3.8) is 0 Å². The first-order valence-electron chi connectivity index (χ1n) is 7.04. The second-order valence-electron chi connectivity index (χ2n) is 5.58. The highest BCUT2D eigenvalue weighted by Crippen LogP contribution is 2.51. The average Bonchev–Trinajstić information content (AvgIpc) is 2.83. The van der Waals surface area contributed by atoms with Crippen LogP contribution < -0.4 is 0 Å². The summed E-state index contributed by atoms with van der Waals surface area (Å²) in [5.74, 6) is 0.530. The van der Waals surface area contributed by atoms with E-state index in [0.717, 1.165) is 25.7 Å². The Balaban J connectivity index is 1.95. The second kappa shape index (κ2) is 5.85. The first-order chi connectivity index (χ1) is 8.66. The number of aliphatic hydroxyl groups is 2. The monoisotopic (exact) mass is 248 g/mol. The van der Waals surface area contributed by atoms with Gasteiger partial charge in [0.25, 0.3) is 0 Å². The molecule has 100 valence electrons. The third kappa shape index (κ3) is 2.93. The minimum absolute atomic E-state index is 0.00880. The van der Waals surface area contributed by atoms with E-state index in [9.17, 15) is 10.2 Å². The minimum atomic E-state index is -0.408. The number of aliphatic hydroxyl groups excluding tert-OH is 2. The summed E-state index contributed by atoms with van der Waals surface area (Å²) in [5, 5.41) is 19.7. The van der Waals surface area contributed by atoms with Crippen molar-refractivity contribution in [3.05, 3.63) is 36.5 Å². The third-order valence-electron chi connectivity index (χ3n) is 4.16. The van der Waals surface area contributed by atoms with Gasteiger partial charge in [-0.3, -0.25) is 0 Å². The van der Waals surface area contributed by atoms with Crippen LogP contribution in [0.4, 0.5) is 0 Å². The number of rotatable bonds is 5. The van der Waals surface area contributed by atoms with Crippen LogP contribution in [0.25, 0.3) is 0 Å². The van der Waals surface area contributed by atoms with Gasteiger partial charge in [0.05, 0.1) is 12.2 Å². The highest BCUT2D eigenvalue weighted by Gasteiger charge is 2.45. The van der Waals surface area contributed by atoms with Crippen molar-refractivity contribution in [2.24, 2.45) is 11.3 Å². The number of hydrogen-bond acceptors (Lipinski definition) is 2. The molecule has 0 aliphatic heterocycles. The van der Waals surface area contributed by atoms with Crippen LogP contribution in [0.5, 0.6) is 0 Å². The maximum absolute atomic E-state index is 9.89. The Kier molecular flexibility index (Phi) is 4.41. The lowest BCUT2D eigenvalue weighted by Gasteiger charge is -2.24. The number of hydrogen-bond donors (Lipinski definition) is 2. The molecule has 2 aliphatic rings. The molecule has 0 aromatic heterocycles. The molecule has 0 saturated heterocycles. The van der Waals surface area contributed by atoms with Crippen LogP contribution in [-0.2, 0) is 0 Å². The predicted molar refractivity (Wildman–Crippen MR) is 74.1 cm³/mol. The molecule has 0 heterocycles. The SMILES string of the molecule is CC/C=C\C[C@@H](O)/C=C/C12C=CCC1CC(O)C2. The Bertz CT molecular complexity index is 356. The molecule has 2 nitrogen and oxygen atoms in total. The molecule has 1 fully saturated rings. The van der Waals surface area contributed by atoms with Gasteiger partial charge in [0, 0.05) is 5.41 Å². The van der Waals surface area contributed by atoms with E-state index in [1.807, 2.05) is 12.2 Å². The maximum atomic E-state index is 9.89. The number of allylic oxidation sites excluding steroid dienone is 4. The summed E-state index contributed by atoms with van der Waals surface area (Å²) >= 11 is 0. The lowest BCUT2D eigenvalue weighted by molar-refractivity contribution is 0.173. The Morgan fingerprint density at radius 1 is 1.44 bits per heavy atom. The number of fused-ring (bicyclic) bond motifs is 1. The molecule has 0 bridgehead atoms. The van der Waals surface area contributed by atoms with Gasteiger partial charge in [0.15, 0.2) is 0 Å². The lowest BCUT2D eigenvalue weighted by atomic mass is 9.80. The van der Waals surface area contributed by atoms with Crippen LogP contribution in [0.15, 0.2) is 36.5 Å². The topological polar surface area (TPSA) is 40.5 Å². The fourth-order valence-corrected chi connectivity index (χ4v) is 3.21. The molecule has 0 aromatic carbocycles. The van der Waals surface area contributed by atoms with E-state index in [1.54, 1.807) is 0 Å². The molecule has 4 atom stereocenters. The van der Waals surface area contributed by atoms with E-state index in [4.69, 9.17) is 0 Å². The summed E-state index contributed by atoms with van der Waals surface area (Å²) in [4.78, 5) is 0. The van der Waals surface area contributed by atoms with Crippen LogP contribution in [-0.4, -0.2) is 22.4 Å². The Morgan fingerprint density at radius 3 is 3.06 bits per heavy atom. The maximum Gasteiger partial charge on any atom is 0.0755 e. The minimum Gasteiger partial charge on any atom is -0.393 e. The van der Waals surface area contributed by atoms with Crippen LogP contribution in [0.1, 0.15) is 39.0 Å². The van der Waals surface area contributed by atoms with Crippen molar-refractivity contribution < 1.29 is 10.2 Å². The van der Waals surface area contributed by atoms with Gasteiger partial charge in [-0.1, -0.05) is 43.4 Å². The Morgan fingerprint density at radius 2 is 2.28 bits per heavy atom. The van der Waals surface area contributed by atoms with Crippen molar-refractivity contribution in [3.8, 4) is 0 Å². The zero-order valence-corrected chi connectivity index (χ0v) is 11.1. The van der Waals surface area contributed by atoms with Gasteiger partial charge < -0.3 is 10.2 Å². The van der Waals surface area contributed by atoms with Crippen molar-refractivity contribution in [1.29, 1.82) is 0 Å². The smallest absolute Gasteiger partial charge is 0.0755 e. The van der Waals surface area contributed by atoms with Crippen LogP contribution in [0.3, 0.4) is 0 Å². The third-order valence-corrected chi connectivity index (χ3v) is 4.16. The summed E-state index contributed by atoms with van der Waals surface area (Å²) in [6, 6.07) is 0. The summed E-state index contributed by atoms with van der Waals surface area (Å²) < 4.78 is 0. The molecule has 18 heavy (non-hydrogen) atoms. The van der Waals surface area contributed by atoms with Gasteiger partial charge in [-0.15, -0.1) is 0 Å². The molecule has 3 unspecified atom stereocenters. The van der Waals surface area contributed by atoms with Gasteiger partial charge in [-0.05, 0) is 38.0 Å². The highest BCUT2D eigenvalue weighted by atomic mass is 16.3. The fraction of sp³-hybridized carbons (Fsp3) is 0.625. The molecule has 2 N–H and O–H groups in total. The highest BCUT2D eigenvalue weighted by molar-refractivity contribution is 5.24. The van der Waals surface area contributed by atoms with E-state index in [0.29, 0.717) is 12.3 Å². The van der Waals surface area contributed by atoms with Crippen LogP contribution in [0, 0.1) is 11.3 Å². The summed E-state index contributed by atoms with van der Waals surface area (Å²) in [6.07, 6.45) is 16.4. The largest absolute Gasteiger partial charge is 0.393 e. The molecular formula is C16H24O2. The van der Waals surface area contributed by atoms with Gasteiger partial charge >= 0.3 is 0 Å². The predicted octanol–water partition coefficient (Wildman–Crippen LogP) is 2.98. The molecule has 0 aromatic rings. The van der Waals surface area contributed by atoms with E-state index >= 15 is 0 Å². The van der Waals surface area contributed by atoms with E-state index in [-0.39, 0.29) is 11.5 Å². The molecular weight excluding hydrogens is 224 g/mol. The van der Waals surface area contributed by atoms with E-state index in [2.05, 4.69) is 31.2 Å². The van der Waals surface area contributed by atoms with Gasteiger partial charge in [0.2, 0.25) is 0 Å². The summed E-state index contributed by atoms with van der Waals surface area (Å²) in [5.41, 5.74) is 0.00880. The van der Waals surface area contributed by atoms with Crippen molar-refractivity contribution in [2.75, 3.05) is 0 Å². The molecule has 2 aliphatic carbocycles. The standard InChI is InChI=1S/C16H24O2/c1-2-3-4-7-14(17)8-10-16-9-5-6-13(16)11-15(18)12-16/h3-5,8-10,13-15,17-18H,2,6-7,11-12H2,1H3/b4-3-,10-8+/t13?,14-,15?,16?/m1/s1. The quantitative estimate of drug-likeness (QED) is 0.734. The fourth-order valence-electron chi connectivity index (χ4n) is 3.21. The average molecular weight is 248 g/mol. The molecule has 2 rings (SSSR count). The van der Waals surface area contributed by atoms with E-state index in [1.165, 1.54) is 0 Å². The second-order valence-corrected chi connectivity index (χ2v) is 5.58. The first-order valence-corrected chi connectivity index (χ1v) is 7.04. The lowest BCUT2D eigenvalue weighted by Crippen LogP contribution is -2.17. The normalized spacial score (nSPS) is 36.8. The summed E-state index contributed by atoms with van der Waals surface area (Å²) in [6.45, 7) is 2.09. The molecule has 0 spiro atoms. The molecule has 0 amide bonds. The van der Waals surface area contributed by atoms with Gasteiger partial charge in [-0.25, -0.2) is 0 Å². The van der Waals surface area contributed by atoms with Crippen LogP contribution in [0.2, 0.25) is 0 Å². The summed E-state index contributed by atoms with van der Waals surface area (Å²) in [7, 11) is 0. The Hall–Kier alpha value is -0.860. The van der Waals surface area contributed by atoms with Crippen molar-refractivity contribution >= 4 is 0 Å². The molecule has 0 radical (unpaired) electrons. The van der Waals surface area contributed by atoms with E-state index < -0.39 is 6.10 Å². The Labute approximate surface area is 110 Å². The van der Waals surface area contributed by atoms with Crippen molar-refractivity contribution in [1.82, 2.24) is 0 Å². The molecule has 2 heteroatoms. The van der Waals surface area contributed by atoms with Gasteiger partial charge in [-0.2, -0.15) is 0 Å². The zero-order chi connectivity index (χ0) is 13.0. The van der Waals surface area contributed by atoms with Gasteiger partial charge in [0.1, 0.15) is 0 Å². The molecule has 1 saturated carbocycles. The zero-order valence-electron chi connectivity index (χ0n) is 11.1. The van der Waals surface area contributed by atoms with Crippen molar-refractivity contribution in [2.45, 2.75) is 51.2 Å². The first kappa shape index (κ1) is 13.6.